The van der Waals surface area contributed by atoms with E-state index < -0.39 is 0 Å². The molecule has 4 heteroatoms. The number of hydrogen-bond donors (Lipinski definition) is 1. The highest BCUT2D eigenvalue weighted by Gasteiger charge is 2.09. The maximum atomic E-state index is 12.9. The summed E-state index contributed by atoms with van der Waals surface area (Å²) in [5.74, 6) is -0.495. The molecule has 0 radical (unpaired) electrons. The fourth-order valence-corrected chi connectivity index (χ4v) is 2.46. The highest BCUT2D eigenvalue weighted by Crippen LogP contribution is 2.13. The Hall–Kier alpha value is -1.43. The van der Waals surface area contributed by atoms with Gasteiger partial charge in [-0.05, 0) is 52.8 Å². The average Bonchev–Trinajstić information content (AvgIpc) is 2.39. The van der Waals surface area contributed by atoms with Gasteiger partial charge in [-0.1, -0.05) is 30.3 Å². The Labute approximate surface area is 125 Å². The third-order valence-electron chi connectivity index (χ3n) is 2.72. The van der Waals surface area contributed by atoms with E-state index in [0.29, 0.717) is 15.7 Å². The molecule has 0 unspecified atom stereocenters. The lowest BCUT2D eigenvalue weighted by Crippen LogP contribution is -2.26. The summed E-state index contributed by atoms with van der Waals surface area (Å²) in [4.78, 5) is 11.9. The molecule has 0 aliphatic rings. The molecule has 0 fully saturated rings. The Morgan fingerprint density at radius 2 is 1.89 bits per heavy atom. The van der Waals surface area contributed by atoms with Crippen LogP contribution in [0.25, 0.3) is 0 Å². The third-order valence-corrected chi connectivity index (χ3v) is 3.61. The summed E-state index contributed by atoms with van der Waals surface area (Å²) in [6, 6.07) is 14.1. The molecule has 19 heavy (non-hydrogen) atoms. The monoisotopic (exact) mass is 369 g/mol. The Kier molecular flexibility index (Phi) is 4.90. The Bertz CT molecular complexity index is 572. The van der Waals surface area contributed by atoms with Crippen molar-refractivity contribution in [2.45, 2.75) is 6.42 Å². The van der Waals surface area contributed by atoms with Gasteiger partial charge in [-0.15, -0.1) is 0 Å². The van der Waals surface area contributed by atoms with Crippen LogP contribution in [0.5, 0.6) is 0 Å². The second kappa shape index (κ2) is 6.65. The highest BCUT2D eigenvalue weighted by atomic mass is 127. The molecule has 0 saturated carbocycles. The fraction of sp³-hybridized carbons (Fsp3) is 0.133. The van der Waals surface area contributed by atoms with E-state index in [4.69, 9.17) is 0 Å². The van der Waals surface area contributed by atoms with Gasteiger partial charge < -0.3 is 5.32 Å². The van der Waals surface area contributed by atoms with Crippen molar-refractivity contribution in [2.75, 3.05) is 6.54 Å². The molecule has 0 spiro atoms. The van der Waals surface area contributed by atoms with Crippen LogP contribution < -0.4 is 5.32 Å². The summed E-state index contributed by atoms with van der Waals surface area (Å²) in [7, 11) is 0. The molecule has 2 aromatic carbocycles. The first-order chi connectivity index (χ1) is 9.16. The van der Waals surface area contributed by atoms with Gasteiger partial charge in [-0.3, -0.25) is 4.79 Å². The molecule has 2 nitrogen and oxygen atoms in total. The van der Waals surface area contributed by atoms with Gasteiger partial charge in [0.05, 0.1) is 5.56 Å². The van der Waals surface area contributed by atoms with E-state index in [2.05, 4.69) is 5.32 Å². The van der Waals surface area contributed by atoms with Gasteiger partial charge in [-0.2, -0.15) is 0 Å². The van der Waals surface area contributed by atoms with Crippen LogP contribution in [-0.2, 0) is 6.42 Å². The van der Waals surface area contributed by atoms with Gasteiger partial charge in [0, 0.05) is 10.1 Å². The molecule has 0 saturated heterocycles. The van der Waals surface area contributed by atoms with E-state index in [0.717, 1.165) is 6.42 Å². The van der Waals surface area contributed by atoms with E-state index in [1.54, 1.807) is 0 Å². The molecule has 1 N–H and O–H groups in total. The summed E-state index contributed by atoms with van der Waals surface area (Å²) in [5, 5.41) is 2.84. The number of rotatable bonds is 4. The number of hydrogen-bond acceptors (Lipinski definition) is 1. The minimum Gasteiger partial charge on any atom is -0.352 e. The molecule has 2 aromatic rings. The molecule has 0 aliphatic carbocycles. The second-order valence-corrected chi connectivity index (χ2v) is 5.28. The minimum atomic E-state index is -0.328. The first kappa shape index (κ1) is 14.0. The molecule has 98 valence electrons. The zero-order valence-electron chi connectivity index (χ0n) is 10.2. The summed E-state index contributed by atoms with van der Waals surface area (Å²) in [6.07, 6.45) is 0.782. The highest BCUT2D eigenvalue weighted by molar-refractivity contribution is 14.1. The Morgan fingerprint density at radius 3 is 2.58 bits per heavy atom. The molecular formula is C15H13FINO. The number of benzene rings is 2. The molecule has 0 atom stereocenters. The standard InChI is InChI=1S/C15H13FINO/c16-12-6-7-13(14(17)10-12)15(19)18-9-8-11-4-2-1-3-5-11/h1-7,10H,8-9H2,(H,18,19). The Balaban J connectivity index is 1.91. The van der Waals surface area contributed by atoms with Crippen LogP contribution in [0, 0.1) is 9.39 Å². The van der Waals surface area contributed by atoms with Crippen molar-refractivity contribution in [2.24, 2.45) is 0 Å². The molecule has 0 bridgehead atoms. The molecule has 0 aromatic heterocycles. The van der Waals surface area contributed by atoms with Crippen LogP contribution in [0.1, 0.15) is 15.9 Å². The van der Waals surface area contributed by atoms with E-state index in [1.165, 1.54) is 23.8 Å². The second-order valence-electron chi connectivity index (χ2n) is 4.12. The van der Waals surface area contributed by atoms with Crippen molar-refractivity contribution in [1.82, 2.24) is 5.32 Å². The Morgan fingerprint density at radius 1 is 1.16 bits per heavy atom. The average molecular weight is 369 g/mol. The normalized spacial score (nSPS) is 10.2. The fourth-order valence-electron chi connectivity index (χ4n) is 1.73. The van der Waals surface area contributed by atoms with Crippen molar-refractivity contribution in [3.8, 4) is 0 Å². The van der Waals surface area contributed by atoms with Crippen LogP contribution in [0.2, 0.25) is 0 Å². The van der Waals surface area contributed by atoms with Crippen molar-refractivity contribution < 1.29 is 9.18 Å². The van der Waals surface area contributed by atoms with Crippen molar-refractivity contribution in [3.63, 3.8) is 0 Å². The summed E-state index contributed by atoms with van der Waals surface area (Å²) >= 11 is 1.96. The third kappa shape index (κ3) is 4.02. The molecular weight excluding hydrogens is 356 g/mol. The van der Waals surface area contributed by atoms with Gasteiger partial charge in [0.15, 0.2) is 0 Å². The van der Waals surface area contributed by atoms with Gasteiger partial charge in [0.1, 0.15) is 5.82 Å². The lowest BCUT2D eigenvalue weighted by Gasteiger charge is -2.07. The first-order valence-electron chi connectivity index (χ1n) is 5.94. The number of amides is 1. The van der Waals surface area contributed by atoms with E-state index >= 15 is 0 Å². The van der Waals surface area contributed by atoms with Gasteiger partial charge in [-0.25, -0.2) is 4.39 Å². The lowest BCUT2D eigenvalue weighted by atomic mass is 10.1. The summed E-state index contributed by atoms with van der Waals surface area (Å²) in [6.45, 7) is 0.566. The molecule has 1 amide bonds. The predicted octanol–water partition coefficient (Wildman–Crippen LogP) is 3.40. The maximum Gasteiger partial charge on any atom is 0.252 e. The van der Waals surface area contributed by atoms with Gasteiger partial charge >= 0.3 is 0 Å². The number of nitrogens with one attached hydrogen (secondary N) is 1. The van der Waals surface area contributed by atoms with Gasteiger partial charge in [0.2, 0.25) is 0 Å². The van der Waals surface area contributed by atoms with Gasteiger partial charge in [0.25, 0.3) is 5.91 Å². The largest absolute Gasteiger partial charge is 0.352 e. The minimum absolute atomic E-state index is 0.166. The van der Waals surface area contributed by atoms with Crippen LogP contribution >= 0.6 is 22.6 Å². The zero-order chi connectivity index (χ0) is 13.7. The van der Waals surface area contributed by atoms with Crippen LogP contribution in [-0.4, -0.2) is 12.5 Å². The maximum absolute atomic E-state index is 12.9. The topological polar surface area (TPSA) is 29.1 Å². The lowest BCUT2D eigenvalue weighted by molar-refractivity contribution is 0.0953. The van der Waals surface area contributed by atoms with Crippen LogP contribution in [0.3, 0.4) is 0 Å². The first-order valence-corrected chi connectivity index (χ1v) is 7.02. The SMILES string of the molecule is O=C(NCCc1ccccc1)c1ccc(F)cc1I. The summed E-state index contributed by atoms with van der Waals surface area (Å²) in [5.41, 5.74) is 1.69. The number of carbonyl (C=O) groups excluding carboxylic acids is 1. The van der Waals surface area contributed by atoms with Crippen molar-refractivity contribution in [3.05, 3.63) is 69.0 Å². The quantitative estimate of drug-likeness (QED) is 0.823. The molecule has 0 heterocycles. The van der Waals surface area contributed by atoms with E-state index in [1.807, 2.05) is 52.9 Å². The zero-order valence-corrected chi connectivity index (χ0v) is 12.4. The van der Waals surface area contributed by atoms with E-state index in [-0.39, 0.29) is 11.7 Å². The molecule has 0 aliphatic heterocycles. The van der Waals surface area contributed by atoms with Crippen molar-refractivity contribution in [1.29, 1.82) is 0 Å². The smallest absolute Gasteiger partial charge is 0.252 e. The van der Waals surface area contributed by atoms with E-state index in [9.17, 15) is 9.18 Å². The number of halogens is 2. The summed E-state index contributed by atoms with van der Waals surface area (Å²) < 4.78 is 13.6. The number of carbonyl (C=O) groups is 1. The van der Waals surface area contributed by atoms with Crippen LogP contribution in [0.4, 0.5) is 4.39 Å². The predicted molar refractivity (Wildman–Crippen MR) is 81.6 cm³/mol. The van der Waals surface area contributed by atoms with Crippen molar-refractivity contribution >= 4 is 28.5 Å². The van der Waals surface area contributed by atoms with Crippen LogP contribution in [0.15, 0.2) is 48.5 Å². The molecule has 2 rings (SSSR count).